The highest BCUT2D eigenvalue weighted by Gasteiger charge is 2.35. The number of hydrogen-bond acceptors (Lipinski definition) is 2. The topological polar surface area (TPSA) is 32.7 Å². The molecule has 4 heteroatoms. The van der Waals surface area contributed by atoms with Crippen LogP contribution in [0.2, 0.25) is 0 Å². The van der Waals surface area contributed by atoms with Gasteiger partial charge in [0, 0.05) is 24.3 Å². The molecule has 1 rings (SSSR count). The minimum absolute atomic E-state index is 0.179. The van der Waals surface area contributed by atoms with E-state index in [2.05, 4.69) is 30.1 Å². The first-order valence-electron chi connectivity index (χ1n) is 5.85. The third kappa shape index (κ3) is 3.39. The third-order valence-corrected chi connectivity index (χ3v) is 4.14. The van der Waals surface area contributed by atoms with Crippen LogP contribution in [0.15, 0.2) is 4.40 Å². The van der Waals surface area contributed by atoms with Crippen molar-refractivity contribution in [2.75, 3.05) is 6.54 Å². The van der Waals surface area contributed by atoms with Crippen LogP contribution < -0.4 is 0 Å². The number of hydrogen-bond donors (Lipinski definition) is 0. The maximum atomic E-state index is 11.8. The van der Waals surface area contributed by atoms with Crippen LogP contribution in [0.25, 0.3) is 0 Å². The molecular formula is C12H24N2OS. The lowest BCUT2D eigenvalue weighted by Gasteiger charge is -2.47. The van der Waals surface area contributed by atoms with Gasteiger partial charge in [0.25, 0.3) is 0 Å². The number of likely N-dealkylation sites (tertiary alicyclic amines) is 1. The normalized spacial score (nSPS) is 25.8. The van der Waals surface area contributed by atoms with Crippen molar-refractivity contribution in [2.24, 2.45) is 4.40 Å². The third-order valence-electron chi connectivity index (χ3n) is 2.78. The fourth-order valence-electron chi connectivity index (χ4n) is 1.68. The van der Waals surface area contributed by atoms with Crippen molar-refractivity contribution < 1.29 is 4.21 Å². The van der Waals surface area contributed by atoms with Crippen molar-refractivity contribution in [2.45, 2.75) is 64.3 Å². The quantitative estimate of drug-likeness (QED) is 0.699. The van der Waals surface area contributed by atoms with Crippen molar-refractivity contribution in [1.82, 2.24) is 4.90 Å². The Morgan fingerprint density at radius 2 is 1.81 bits per heavy atom. The van der Waals surface area contributed by atoms with Gasteiger partial charge in [-0.2, -0.15) is 4.40 Å². The van der Waals surface area contributed by atoms with Gasteiger partial charge in [-0.15, -0.1) is 0 Å². The highest BCUT2D eigenvalue weighted by Crippen LogP contribution is 2.26. The van der Waals surface area contributed by atoms with Crippen LogP contribution >= 0.6 is 0 Å². The van der Waals surface area contributed by atoms with Gasteiger partial charge in [0.05, 0.1) is 4.75 Å². The summed E-state index contributed by atoms with van der Waals surface area (Å²) >= 11 is 0. The van der Waals surface area contributed by atoms with Crippen molar-refractivity contribution >= 4 is 17.2 Å². The molecular weight excluding hydrogens is 220 g/mol. The van der Waals surface area contributed by atoms with Crippen molar-refractivity contribution in [3.8, 4) is 0 Å². The Kier molecular flexibility index (Phi) is 3.95. The van der Waals surface area contributed by atoms with Gasteiger partial charge in [-0.1, -0.05) is 0 Å². The minimum Gasteiger partial charge on any atom is -0.290 e. The van der Waals surface area contributed by atoms with Crippen LogP contribution in [0.1, 0.15) is 48.0 Å². The average Bonchev–Trinajstić information content (AvgIpc) is 1.96. The van der Waals surface area contributed by atoms with Gasteiger partial charge in [0.15, 0.2) is 0 Å². The first-order chi connectivity index (χ1) is 7.12. The van der Waals surface area contributed by atoms with E-state index in [1.165, 1.54) is 0 Å². The molecule has 0 amide bonds. The second kappa shape index (κ2) is 4.57. The summed E-state index contributed by atoms with van der Waals surface area (Å²) in [6.07, 6.45) is 3.00. The SMILES string of the molecule is CC(C)(C)N1CC[C@H]1C=NS(=O)C(C)(C)C. The van der Waals surface area contributed by atoms with E-state index in [9.17, 15) is 4.21 Å². The Hall–Kier alpha value is -0.220. The zero-order chi connectivity index (χ0) is 12.6. The van der Waals surface area contributed by atoms with E-state index in [-0.39, 0.29) is 10.3 Å². The lowest BCUT2D eigenvalue weighted by atomic mass is 9.94. The molecule has 2 atom stereocenters. The molecule has 16 heavy (non-hydrogen) atoms. The number of nitrogens with zero attached hydrogens (tertiary/aromatic N) is 2. The molecule has 0 aromatic rings. The molecule has 0 saturated carbocycles. The molecule has 1 aliphatic heterocycles. The molecule has 0 N–H and O–H groups in total. The Morgan fingerprint density at radius 1 is 1.25 bits per heavy atom. The van der Waals surface area contributed by atoms with E-state index >= 15 is 0 Å². The van der Waals surface area contributed by atoms with Crippen molar-refractivity contribution in [3.05, 3.63) is 0 Å². The first-order valence-corrected chi connectivity index (χ1v) is 6.96. The Morgan fingerprint density at radius 3 is 2.12 bits per heavy atom. The van der Waals surface area contributed by atoms with E-state index < -0.39 is 11.0 Å². The second-order valence-electron chi connectivity index (χ2n) is 6.34. The Bertz CT molecular complexity index is 299. The van der Waals surface area contributed by atoms with E-state index in [0.717, 1.165) is 13.0 Å². The van der Waals surface area contributed by atoms with Gasteiger partial charge < -0.3 is 0 Å². The Balaban J connectivity index is 2.57. The smallest absolute Gasteiger partial charge is 0.144 e. The van der Waals surface area contributed by atoms with E-state index in [0.29, 0.717) is 6.04 Å². The van der Waals surface area contributed by atoms with Crippen LogP contribution in [0.3, 0.4) is 0 Å². The van der Waals surface area contributed by atoms with Crippen LogP contribution in [-0.4, -0.2) is 38.2 Å². The molecule has 1 fully saturated rings. The molecule has 0 spiro atoms. The molecule has 1 saturated heterocycles. The van der Waals surface area contributed by atoms with Crippen LogP contribution in [0.5, 0.6) is 0 Å². The molecule has 1 unspecified atom stereocenters. The summed E-state index contributed by atoms with van der Waals surface area (Å²) in [4.78, 5) is 2.39. The zero-order valence-corrected chi connectivity index (χ0v) is 12.1. The van der Waals surface area contributed by atoms with Gasteiger partial charge in [-0.05, 0) is 48.0 Å². The fourth-order valence-corrected chi connectivity index (χ4v) is 2.25. The summed E-state index contributed by atoms with van der Waals surface area (Å²) in [5, 5.41) is 0. The maximum absolute atomic E-state index is 11.8. The van der Waals surface area contributed by atoms with Gasteiger partial charge in [-0.25, -0.2) is 4.21 Å². The molecule has 3 nitrogen and oxygen atoms in total. The lowest BCUT2D eigenvalue weighted by molar-refractivity contribution is 0.0399. The van der Waals surface area contributed by atoms with Crippen molar-refractivity contribution in [3.63, 3.8) is 0 Å². The summed E-state index contributed by atoms with van der Waals surface area (Å²) < 4.78 is 15.7. The highest BCUT2D eigenvalue weighted by atomic mass is 32.2. The van der Waals surface area contributed by atoms with Gasteiger partial charge >= 0.3 is 0 Å². The lowest BCUT2D eigenvalue weighted by Crippen LogP contribution is -2.57. The van der Waals surface area contributed by atoms with Gasteiger partial charge in [0.1, 0.15) is 11.0 Å². The molecule has 94 valence electrons. The minimum atomic E-state index is -1.12. The van der Waals surface area contributed by atoms with E-state index in [1.54, 1.807) is 0 Å². The Labute approximate surface area is 102 Å². The summed E-state index contributed by atoms with van der Waals surface area (Å²) in [5.41, 5.74) is 0.179. The summed E-state index contributed by atoms with van der Waals surface area (Å²) in [6.45, 7) is 13.6. The summed E-state index contributed by atoms with van der Waals surface area (Å²) in [7, 11) is -1.12. The highest BCUT2D eigenvalue weighted by molar-refractivity contribution is 7.85. The van der Waals surface area contributed by atoms with Crippen LogP contribution in [-0.2, 0) is 11.0 Å². The fraction of sp³-hybridized carbons (Fsp3) is 0.917. The van der Waals surface area contributed by atoms with Crippen LogP contribution in [0, 0.1) is 0 Å². The standard InChI is InChI=1S/C12H24N2OS/c1-11(2,3)14-8-7-10(14)9-13-16(15)12(4,5)6/h9-10H,7-8H2,1-6H3/t10-,16?/m0/s1. The predicted molar refractivity (Wildman–Crippen MR) is 71.3 cm³/mol. The molecule has 1 aliphatic rings. The summed E-state index contributed by atoms with van der Waals surface area (Å²) in [5.74, 6) is 0. The van der Waals surface area contributed by atoms with E-state index in [1.807, 2.05) is 27.0 Å². The molecule has 0 aliphatic carbocycles. The van der Waals surface area contributed by atoms with Gasteiger partial charge in [-0.3, -0.25) is 4.90 Å². The van der Waals surface area contributed by atoms with Gasteiger partial charge in [0.2, 0.25) is 0 Å². The predicted octanol–water partition coefficient (Wildman–Crippen LogP) is 2.39. The average molecular weight is 244 g/mol. The van der Waals surface area contributed by atoms with E-state index in [4.69, 9.17) is 0 Å². The molecule has 1 heterocycles. The molecule has 0 bridgehead atoms. The van der Waals surface area contributed by atoms with Crippen molar-refractivity contribution in [1.29, 1.82) is 0 Å². The molecule has 0 aromatic carbocycles. The first kappa shape index (κ1) is 13.8. The monoisotopic (exact) mass is 244 g/mol. The molecule has 0 aromatic heterocycles. The molecule has 0 radical (unpaired) electrons. The zero-order valence-electron chi connectivity index (χ0n) is 11.3. The van der Waals surface area contributed by atoms with Crippen LogP contribution in [0.4, 0.5) is 0 Å². The number of rotatable bonds is 2. The summed E-state index contributed by atoms with van der Waals surface area (Å²) in [6, 6.07) is 0.367. The maximum Gasteiger partial charge on any atom is 0.144 e. The second-order valence-corrected chi connectivity index (χ2v) is 8.27. The largest absolute Gasteiger partial charge is 0.290 e.